The Morgan fingerprint density at radius 2 is 1.72 bits per heavy atom. The Hall–Kier alpha value is -1.71. The van der Waals surface area contributed by atoms with E-state index in [0.717, 1.165) is 59.3 Å². The number of rotatable bonds is 12. The predicted molar refractivity (Wildman–Crippen MR) is 132 cm³/mol. The van der Waals surface area contributed by atoms with Crippen molar-refractivity contribution in [3.63, 3.8) is 0 Å². The van der Waals surface area contributed by atoms with Gasteiger partial charge in [0.1, 0.15) is 17.1 Å². The van der Waals surface area contributed by atoms with E-state index in [9.17, 15) is 9.90 Å². The zero-order chi connectivity index (χ0) is 24.1. The van der Waals surface area contributed by atoms with E-state index < -0.39 is 12.1 Å². The van der Waals surface area contributed by atoms with Gasteiger partial charge in [0.25, 0.3) is 0 Å². The maximum atomic E-state index is 11.5. The summed E-state index contributed by atoms with van der Waals surface area (Å²) in [5.74, 6) is 2.38. The topological polar surface area (TPSA) is 55.8 Å². The lowest BCUT2D eigenvalue weighted by Crippen LogP contribution is -2.37. The van der Waals surface area contributed by atoms with Crippen LogP contribution in [0.5, 0.6) is 11.5 Å². The van der Waals surface area contributed by atoms with Gasteiger partial charge in [-0.2, -0.15) is 0 Å². The van der Waals surface area contributed by atoms with Crippen LogP contribution in [0.1, 0.15) is 108 Å². The lowest BCUT2D eigenvalue weighted by Gasteiger charge is -2.38. The number of fused-ring (bicyclic) bond motifs is 1. The third-order valence-electron chi connectivity index (χ3n) is 7.35. The fraction of sp³-hybridized carbons (Fsp3) is 0.750. The molecule has 0 radical (unpaired) electrons. The molecule has 1 aliphatic rings. The molecule has 1 aromatic rings. The van der Waals surface area contributed by atoms with Gasteiger partial charge in [-0.1, -0.05) is 53.4 Å². The van der Waals surface area contributed by atoms with Crippen molar-refractivity contribution in [2.45, 2.75) is 125 Å². The molecular formula is C28H46O4. The van der Waals surface area contributed by atoms with Crippen LogP contribution >= 0.6 is 0 Å². The zero-order valence-electron chi connectivity index (χ0n) is 21.8. The molecule has 0 aromatic heterocycles. The molecule has 0 spiro atoms. The van der Waals surface area contributed by atoms with Crippen LogP contribution in [0, 0.1) is 32.6 Å². The summed E-state index contributed by atoms with van der Waals surface area (Å²) < 4.78 is 12.6. The average molecular weight is 447 g/mol. The number of carboxylic acids is 1. The molecule has 4 nitrogen and oxygen atoms in total. The van der Waals surface area contributed by atoms with E-state index in [1.807, 2.05) is 20.8 Å². The molecule has 1 aliphatic heterocycles. The average Bonchev–Trinajstić information content (AvgIpc) is 2.71. The number of ether oxygens (including phenoxy) is 2. The smallest absolute Gasteiger partial charge is 0.344 e. The van der Waals surface area contributed by atoms with Gasteiger partial charge in [-0.05, 0) is 88.3 Å². The SMILES string of the molecule is CCC(Oc1c(C)c(C)c2c(c1C)CCC(C)(CCCC(C)CCCC(C)C)O2)C(=O)O. The molecule has 32 heavy (non-hydrogen) atoms. The van der Waals surface area contributed by atoms with E-state index in [4.69, 9.17) is 9.47 Å². The number of aliphatic carboxylic acids is 1. The van der Waals surface area contributed by atoms with Gasteiger partial charge in [-0.15, -0.1) is 0 Å². The molecule has 1 heterocycles. The molecule has 0 amide bonds. The normalized spacial score (nSPS) is 19.9. The molecule has 0 fully saturated rings. The summed E-state index contributed by atoms with van der Waals surface area (Å²) in [6.07, 6.45) is 9.09. The van der Waals surface area contributed by atoms with Crippen molar-refractivity contribution < 1.29 is 19.4 Å². The number of carboxylic acid groups (broad SMARTS) is 1. The highest BCUT2D eigenvalue weighted by molar-refractivity contribution is 5.73. The standard InChI is InChI=1S/C28H46O4/c1-9-24(27(29)30)31-25-20(5)21(6)26-23(22(25)7)15-17-28(8,32-26)16-11-14-19(4)13-10-12-18(2)3/h18-19,24H,9-17H2,1-8H3,(H,29,30). The predicted octanol–water partition coefficient (Wildman–Crippen LogP) is 7.57. The summed E-state index contributed by atoms with van der Waals surface area (Å²) in [4.78, 5) is 11.5. The maximum Gasteiger partial charge on any atom is 0.344 e. The van der Waals surface area contributed by atoms with Crippen LogP contribution in [-0.2, 0) is 11.2 Å². The number of carbonyl (C=O) groups is 1. The monoisotopic (exact) mass is 446 g/mol. The minimum Gasteiger partial charge on any atom is -0.487 e. The van der Waals surface area contributed by atoms with Gasteiger partial charge in [-0.25, -0.2) is 4.79 Å². The minimum atomic E-state index is -0.913. The van der Waals surface area contributed by atoms with E-state index in [0.29, 0.717) is 6.42 Å². The summed E-state index contributed by atoms with van der Waals surface area (Å²) >= 11 is 0. The molecule has 1 N–H and O–H groups in total. The second-order valence-electron chi connectivity index (χ2n) is 10.7. The second-order valence-corrected chi connectivity index (χ2v) is 10.7. The highest BCUT2D eigenvalue weighted by Crippen LogP contribution is 2.45. The van der Waals surface area contributed by atoms with Gasteiger partial charge in [0.05, 0.1) is 0 Å². The summed E-state index contributed by atoms with van der Waals surface area (Å²) in [6, 6.07) is 0. The molecule has 0 aliphatic carbocycles. The second kappa shape index (κ2) is 11.4. The van der Waals surface area contributed by atoms with Crippen LogP contribution in [0.2, 0.25) is 0 Å². The van der Waals surface area contributed by atoms with Gasteiger partial charge in [0.2, 0.25) is 0 Å². The Balaban J connectivity index is 2.07. The molecule has 3 unspecified atom stereocenters. The van der Waals surface area contributed by atoms with Crippen molar-refractivity contribution in [2.24, 2.45) is 11.8 Å². The molecule has 3 atom stereocenters. The zero-order valence-corrected chi connectivity index (χ0v) is 21.8. The molecule has 182 valence electrons. The first kappa shape index (κ1) is 26.5. The van der Waals surface area contributed by atoms with Crippen molar-refractivity contribution in [3.05, 3.63) is 22.3 Å². The van der Waals surface area contributed by atoms with E-state index in [1.165, 1.54) is 37.7 Å². The molecule has 2 rings (SSSR count). The number of hydrogen-bond acceptors (Lipinski definition) is 3. The molecule has 0 saturated carbocycles. The summed E-state index contributed by atoms with van der Waals surface area (Å²) in [5, 5.41) is 9.44. The Labute approximate surface area is 196 Å². The van der Waals surface area contributed by atoms with Crippen molar-refractivity contribution in [1.82, 2.24) is 0 Å². The lowest BCUT2D eigenvalue weighted by atomic mass is 9.84. The lowest BCUT2D eigenvalue weighted by molar-refractivity contribution is -0.145. The van der Waals surface area contributed by atoms with Crippen molar-refractivity contribution in [2.75, 3.05) is 0 Å². The first-order valence-electron chi connectivity index (χ1n) is 12.7. The summed E-state index contributed by atoms with van der Waals surface area (Å²) in [6.45, 7) is 17.2. The molecule has 1 aromatic carbocycles. The van der Waals surface area contributed by atoms with Crippen LogP contribution < -0.4 is 9.47 Å². The van der Waals surface area contributed by atoms with E-state index in [2.05, 4.69) is 34.6 Å². The third kappa shape index (κ3) is 6.65. The fourth-order valence-electron chi connectivity index (χ4n) is 4.93. The largest absolute Gasteiger partial charge is 0.487 e. The molecule has 4 heteroatoms. The highest BCUT2D eigenvalue weighted by atomic mass is 16.5. The highest BCUT2D eigenvalue weighted by Gasteiger charge is 2.35. The van der Waals surface area contributed by atoms with E-state index in [-0.39, 0.29) is 5.60 Å². The van der Waals surface area contributed by atoms with Gasteiger partial charge >= 0.3 is 5.97 Å². The third-order valence-corrected chi connectivity index (χ3v) is 7.35. The first-order valence-corrected chi connectivity index (χ1v) is 12.7. The maximum absolute atomic E-state index is 11.5. The van der Waals surface area contributed by atoms with Gasteiger partial charge in [0.15, 0.2) is 6.10 Å². The Morgan fingerprint density at radius 3 is 2.31 bits per heavy atom. The van der Waals surface area contributed by atoms with Crippen LogP contribution in [0.15, 0.2) is 0 Å². The van der Waals surface area contributed by atoms with Crippen LogP contribution in [0.3, 0.4) is 0 Å². The minimum absolute atomic E-state index is 0.135. The van der Waals surface area contributed by atoms with Crippen LogP contribution in [0.4, 0.5) is 0 Å². The van der Waals surface area contributed by atoms with Crippen molar-refractivity contribution >= 4 is 5.97 Å². The first-order chi connectivity index (χ1) is 15.0. The number of benzene rings is 1. The Morgan fingerprint density at radius 1 is 1.06 bits per heavy atom. The molecule has 0 bridgehead atoms. The van der Waals surface area contributed by atoms with Gasteiger partial charge in [0, 0.05) is 5.56 Å². The molecule has 0 saturated heterocycles. The molecular weight excluding hydrogens is 400 g/mol. The fourth-order valence-corrected chi connectivity index (χ4v) is 4.93. The van der Waals surface area contributed by atoms with Crippen molar-refractivity contribution in [1.29, 1.82) is 0 Å². The number of hydrogen-bond donors (Lipinski definition) is 1. The van der Waals surface area contributed by atoms with E-state index >= 15 is 0 Å². The summed E-state index contributed by atoms with van der Waals surface area (Å²) in [5.41, 5.74) is 4.15. The Kier molecular flexibility index (Phi) is 9.48. The summed E-state index contributed by atoms with van der Waals surface area (Å²) in [7, 11) is 0. The van der Waals surface area contributed by atoms with Gasteiger partial charge < -0.3 is 14.6 Å². The van der Waals surface area contributed by atoms with Gasteiger partial charge in [-0.3, -0.25) is 0 Å². The Bertz CT molecular complexity index is 782. The van der Waals surface area contributed by atoms with Crippen LogP contribution in [0.25, 0.3) is 0 Å². The van der Waals surface area contributed by atoms with Crippen molar-refractivity contribution in [3.8, 4) is 11.5 Å². The quantitative estimate of drug-likeness (QED) is 0.360. The van der Waals surface area contributed by atoms with Crippen LogP contribution in [-0.4, -0.2) is 22.8 Å². The van der Waals surface area contributed by atoms with E-state index in [1.54, 1.807) is 0 Å².